The van der Waals surface area contributed by atoms with Crippen molar-refractivity contribution in [3.8, 4) is 0 Å². The highest BCUT2D eigenvalue weighted by Crippen LogP contribution is 2.55. The summed E-state index contributed by atoms with van der Waals surface area (Å²) in [6.07, 6.45) is 4.61. The Kier molecular flexibility index (Phi) is 7.45. The summed E-state index contributed by atoms with van der Waals surface area (Å²) < 4.78 is 5.45. The van der Waals surface area contributed by atoms with Crippen LogP contribution in [0.25, 0.3) is 0 Å². The second kappa shape index (κ2) is 9.60. The summed E-state index contributed by atoms with van der Waals surface area (Å²) in [5.74, 6) is -0.951. The molecule has 0 bridgehead atoms. The van der Waals surface area contributed by atoms with Gasteiger partial charge in [0.15, 0.2) is 11.6 Å². The van der Waals surface area contributed by atoms with Gasteiger partial charge in [0.1, 0.15) is 11.5 Å². The van der Waals surface area contributed by atoms with Gasteiger partial charge >= 0.3 is 0 Å². The normalized spacial score (nSPS) is 40.1. The van der Waals surface area contributed by atoms with Crippen molar-refractivity contribution >= 4 is 17.5 Å². The molecule has 3 aliphatic rings. The van der Waals surface area contributed by atoms with Crippen LogP contribution in [0, 0.1) is 35.0 Å². The van der Waals surface area contributed by atoms with Gasteiger partial charge in [0, 0.05) is 44.4 Å². The van der Waals surface area contributed by atoms with Crippen LogP contribution in [-0.4, -0.2) is 48.4 Å². The number of amides is 1. The van der Waals surface area contributed by atoms with Crippen LogP contribution in [0.1, 0.15) is 60.3 Å². The lowest BCUT2D eigenvalue weighted by atomic mass is 9.54. The number of hydrogen-bond donors (Lipinski definition) is 2. The summed E-state index contributed by atoms with van der Waals surface area (Å²) in [4.78, 5) is 40.7. The average molecular weight is 446 g/mol. The summed E-state index contributed by atoms with van der Waals surface area (Å²) in [5.41, 5.74) is 0.934. The van der Waals surface area contributed by atoms with Crippen molar-refractivity contribution in [3.05, 3.63) is 23.3 Å². The number of carbonyl (C=O) groups is 3. The van der Waals surface area contributed by atoms with E-state index in [2.05, 4.69) is 39.1 Å². The molecule has 2 N–H and O–H groups in total. The molecular weight excluding hydrogens is 406 g/mol. The molecule has 0 saturated carbocycles. The lowest BCUT2D eigenvalue weighted by Gasteiger charge is -2.45. The third-order valence-electron chi connectivity index (χ3n) is 7.90. The minimum atomic E-state index is -1.24. The highest BCUT2D eigenvalue weighted by atomic mass is 16.5. The molecule has 0 radical (unpaired) electrons. The second-order valence-electron chi connectivity index (χ2n) is 10.6. The molecular formula is C26H39NO5. The number of nitrogens with one attached hydrogen (secondary N) is 1. The van der Waals surface area contributed by atoms with E-state index in [1.54, 1.807) is 0 Å². The number of allylic oxidation sites excluding steroid dienone is 4. The molecule has 0 unspecified atom stereocenters. The Morgan fingerprint density at radius 2 is 1.84 bits per heavy atom. The van der Waals surface area contributed by atoms with Crippen LogP contribution >= 0.6 is 0 Å². The maximum absolute atomic E-state index is 14.0. The van der Waals surface area contributed by atoms with Gasteiger partial charge < -0.3 is 15.2 Å². The predicted molar refractivity (Wildman–Crippen MR) is 123 cm³/mol. The minimum Gasteiger partial charge on any atom is -0.396 e. The Morgan fingerprint density at radius 3 is 2.44 bits per heavy atom. The molecule has 6 heteroatoms. The summed E-state index contributed by atoms with van der Waals surface area (Å²) in [6, 6.07) is -0.0895. The number of methoxy groups -OCH3 is 1. The maximum atomic E-state index is 14.0. The highest BCUT2D eigenvalue weighted by Gasteiger charge is 2.65. The van der Waals surface area contributed by atoms with Crippen LogP contribution in [-0.2, 0) is 19.1 Å². The molecule has 1 spiro atoms. The third-order valence-corrected chi connectivity index (χ3v) is 7.90. The lowest BCUT2D eigenvalue weighted by Crippen LogP contribution is -2.53. The number of Topliss-reactive ketones (excluding diaryl/α,β-unsaturated/α-hetero) is 2. The summed E-state index contributed by atoms with van der Waals surface area (Å²) >= 11 is 0. The lowest BCUT2D eigenvalue weighted by molar-refractivity contribution is -0.149. The molecule has 32 heavy (non-hydrogen) atoms. The number of rotatable bonds is 4. The molecule has 1 saturated heterocycles. The number of ketones is 2. The van der Waals surface area contributed by atoms with Crippen molar-refractivity contribution in [2.45, 2.75) is 72.4 Å². The Bertz CT molecular complexity index is 828. The van der Waals surface area contributed by atoms with Gasteiger partial charge in [-0.15, -0.1) is 0 Å². The monoisotopic (exact) mass is 445 g/mol. The van der Waals surface area contributed by atoms with Crippen molar-refractivity contribution in [1.29, 1.82) is 0 Å². The topological polar surface area (TPSA) is 92.7 Å². The molecule has 1 aliphatic heterocycles. The smallest absolute Gasteiger partial charge is 0.235 e. The van der Waals surface area contributed by atoms with Crippen molar-refractivity contribution < 1.29 is 24.2 Å². The SMILES string of the molecule is CO[C@H]1CC(=O)[C@@]23C(=O)N[C@@H](CC(C)C)[C@@H]2[C@H](C)C(C)=C[C@@H]3/C=C(\C)C[C@H](CO)CC1=O. The summed E-state index contributed by atoms with van der Waals surface area (Å²) in [7, 11) is 1.43. The molecule has 1 heterocycles. The first-order valence-corrected chi connectivity index (χ1v) is 11.9. The fourth-order valence-electron chi connectivity index (χ4n) is 6.32. The minimum absolute atomic E-state index is 0.0682. The number of aliphatic hydroxyl groups excluding tert-OH is 1. The molecule has 0 aromatic carbocycles. The van der Waals surface area contributed by atoms with Gasteiger partial charge in [-0.3, -0.25) is 14.4 Å². The van der Waals surface area contributed by atoms with Gasteiger partial charge in [0.2, 0.25) is 5.91 Å². The summed E-state index contributed by atoms with van der Waals surface area (Å²) in [5, 5.41) is 13.0. The number of aliphatic hydroxyl groups is 1. The van der Waals surface area contributed by atoms with Gasteiger partial charge in [0.05, 0.1) is 0 Å². The Morgan fingerprint density at radius 1 is 1.16 bits per heavy atom. The van der Waals surface area contributed by atoms with E-state index >= 15 is 0 Å². The van der Waals surface area contributed by atoms with Crippen molar-refractivity contribution in [3.63, 3.8) is 0 Å². The van der Waals surface area contributed by atoms with Gasteiger partial charge in [-0.05, 0) is 44.4 Å². The van der Waals surface area contributed by atoms with E-state index < -0.39 is 11.5 Å². The van der Waals surface area contributed by atoms with E-state index in [1.165, 1.54) is 12.7 Å². The van der Waals surface area contributed by atoms with Crippen LogP contribution in [0.3, 0.4) is 0 Å². The molecule has 1 amide bonds. The number of hydrogen-bond acceptors (Lipinski definition) is 5. The van der Waals surface area contributed by atoms with Gasteiger partial charge in [-0.1, -0.05) is 44.1 Å². The summed E-state index contributed by atoms with van der Waals surface area (Å²) in [6.45, 7) is 10.3. The van der Waals surface area contributed by atoms with E-state index in [0.717, 1.165) is 12.0 Å². The van der Waals surface area contributed by atoms with E-state index in [-0.39, 0.29) is 66.6 Å². The molecule has 7 atom stereocenters. The fraction of sp³-hybridized carbons (Fsp3) is 0.731. The maximum Gasteiger partial charge on any atom is 0.235 e. The molecule has 0 aromatic heterocycles. The third kappa shape index (κ3) is 4.24. The zero-order valence-corrected chi connectivity index (χ0v) is 20.3. The largest absolute Gasteiger partial charge is 0.396 e. The second-order valence-corrected chi connectivity index (χ2v) is 10.6. The Hall–Kier alpha value is -1.79. The van der Waals surface area contributed by atoms with Gasteiger partial charge in [0.25, 0.3) is 0 Å². The van der Waals surface area contributed by atoms with Gasteiger partial charge in [-0.25, -0.2) is 0 Å². The van der Waals surface area contributed by atoms with Crippen LogP contribution < -0.4 is 5.32 Å². The molecule has 0 aromatic rings. The zero-order valence-electron chi connectivity index (χ0n) is 20.3. The van der Waals surface area contributed by atoms with E-state index in [1.807, 2.05) is 13.0 Å². The van der Waals surface area contributed by atoms with Crippen molar-refractivity contribution in [1.82, 2.24) is 5.32 Å². The van der Waals surface area contributed by atoms with E-state index in [4.69, 9.17) is 4.74 Å². The standard InChI is InChI=1S/C26H39NO5/c1-14(2)7-20-24-17(5)16(4)10-19-9-15(3)8-18(13-28)11-21(29)22(32-6)12-23(30)26(19,24)25(31)27-20/h9-10,14,17-20,22,24,28H,7-8,11-13H2,1-6H3,(H,27,31)/b15-9+/t17-,18+,19+,20+,22+,24+,26-/m1/s1. The van der Waals surface area contributed by atoms with Crippen LogP contribution in [0.15, 0.2) is 23.3 Å². The molecule has 2 aliphatic carbocycles. The Labute approximate surface area is 191 Å². The number of carbonyl (C=O) groups excluding carboxylic acids is 3. The van der Waals surface area contributed by atoms with Gasteiger partial charge in [-0.2, -0.15) is 0 Å². The van der Waals surface area contributed by atoms with Crippen molar-refractivity contribution in [2.75, 3.05) is 13.7 Å². The molecule has 3 rings (SSSR count). The predicted octanol–water partition coefficient (Wildman–Crippen LogP) is 3.24. The molecule has 1 fully saturated rings. The average Bonchev–Trinajstić information content (AvgIpc) is 3.00. The van der Waals surface area contributed by atoms with E-state index in [0.29, 0.717) is 12.3 Å². The molecule has 178 valence electrons. The number of ether oxygens (including phenoxy) is 1. The van der Waals surface area contributed by atoms with Crippen molar-refractivity contribution in [2.24, 2.45) is 35.0 Å². The first kappa shape index (κ1) is 24.8. The van der Waals surface area contributed by atoms with Crippen LogP contribution in [0.4, 0.5) is 0 Å². The molecule has 6 nitrogen and oxygen atoms in total. The van der Waals surface area contributed by atoms with E-state index in [9.17, 15) is 19.5 Å². The zero-order chi connectivity index (χ0) is 23.8. The quantitative estimate of drug-likeness (QED) is 0.512. The first-order valence-electron chi connectivity index (χ1n) is 11.9. The van der Waals surface area contributed by atoms with Crippen LogP contribution in [0.5, 0.6) is 0 Å². The first-order chi connectivity index (χ1) is 15.1. The Balaban J connectivity index is 2.20. The fourth-order valence-corrected chi connectivity index (χ4v) is 6.32. The van der Waals surface area contributed by atoms with Crippen LogP contribution in [0.2, 0.25) is 0 Å². The highest BCUT2D eigenvalue weighted by molar-refractivity contribution is 6.10.